The lowest BCUT2D eigenvalue weighted by Crippen LogP contribution is -2.43. The van der Waals surface area contributed by atoms with Crippen molar-refractivity contribution in [3.63, 3.8) is 0 Å². The van der Waals surface area contributed by atoms with Crippen LogP contribution >= 0.6 is 0 Å². The Morgan fingerprint density at radius 3 is 2.82 bits per heavy atom. The summed E-state index contributed by atoms with van der Waals surface area (Å²) in [4.78, 5) is 11.2. The number of aryl methyl sites for hydroxylation is 1. The number of hydrogen-bond donors (Lipinski definition) is 2. The molecular formula is C18H23NO3. The summed E-state index contributed by atoms with van der Waals surface area (Å²) in [5.41, 5.74) is 2.64. The quantitative estimate of drug-likeness (QED) is 0.770. The molecule has 4 rings (SSSR count). The third-order valence-electron chi connectivity index (χ3n) is 6.83. The number of nitroso groups, excluding NO2 is 1. The molecule has 2 saturated carbocycles. The number of aliphatic hydroxyl groups is 1. The molecule has 0 bridgehead atoms. The molecule has 0 spiro atoms. The second-order valence-corrected chi connectivity index (χ2v) is 7.68. The van der Waals surface area contributed by atoms with Crippen molar-refractivity contribution >= 4 is 5.69 Å². The number of fused-ring (bicyclic) bond motifs is 5. The van der Waals surface area contributed by atoms with Gasteiger partial charge in [0.25, 0.3) is 0 Å². The summed E-state index contributed by atoms with van der Waals surface area (Å²) in [6.45, 7) is 2.25. The average molecular weight is 301 g/mol. The van der Waals surface area contributed by atoms with Gasteiger partial charge in [-0.15, -0.1) is 4.91 Å². The number of benzene rings is 1. The molecule has 0 aliphatic heterocycles. The van der Waals surface area contributed by atoms with E-state index in [0.717, 1.165) is 49.7 Å². The van der Waals surface area contributed by atoms with Gasteiger partial charge in [0, 0.05) is 6.07 Å². The lowest BCUT2D eigenvalue weighted by molar-refractivity contribution is -0.0225. The minimum Gasteiger partial charge on any atom is -0.508 e. The average Bonchev–Trinajstić information content (AvgIpc) is 2.81. The van der Waals surface area contributed by atoms with Crippen LogP contribution < -0.4 is 0 Å². The highest BCUT2D eigenvalue weighted by Crippen LogP contribution is 2.61. The molecule has 3 aliphatic carbocycles. The van der Waals surface area contributed by atoms with E-state index in [1.807, 2.05) is 0 Å². The molecule has 0 aromatic heterocycles. The Morgan fingerprint density at radius 2 is 2.05 bits per heavy atom. The van der Waals surface area contributed by atoms with Crippen LogP contribution in [0, 0.1) is 22.2 Å². The van der Waals surface area contributed by atoms with E-state index in [9.17, 15) is 15.1 Å². The third kappa shape index (κ3) is 1.79. The highest BCUT2D eigenvalue weighted by atomic mass is 16.3. The topological polar surface area (TPSA) is 69.9 Å². The molecule has 3 aliphatic rings. The molecule has 0 unspecified atom stereocenters. The zero-order valence-corrected chi connectivity index (χ0v) is 13.0. The van der Waals surface area contributed by atoms with Crippen molar-refractivity contribution in [3.05, 3.63) is 28.2 Å². The first-order valence-corrected chi connectivity index (χ1v) is 8.42. The van der Waals surface area contributed by atoms with Crippen LogP contribution in [0.15, 0.2) is 17.3 Å². The maximum absolute atomic E-state index is 11.2. The van der Waals surface area contributed by atoms with Gasteiger partial charge in [0.2, 0.25) is 0 Å². The summed E-state index contributed by atoms with van der Waals surface area (Å²) in [7, 11) is 0. The van der Waals surface area contributed by atoms with Crippen molar-refractivity contribution < 1.29 is 10.2 Å². The predicted octanol–water partition coefficient (Wildman–Crippen LogP) is 4.01. The van der Waals surface area contributed by atoms with E-state index >= 15 is 0 Å². The third-order valence-corrected chi connectivity index (χ3v) is 6.83. The van der Waals surface area contributed by atoms with Gasteiger partial charge < -0.3 is 10.2 Å². The fraction of sp³-hybridized carbons (Fsp3) is 0.667. The first kappa shape index (κ1) is 14.2. The fourth-order valence-corrected chi connectivity index (χ4v) is 5.73. The fourth-order valence-electron chi connectivity index (χ4n) is 5.73. The minimum absolute atomic E-state index is 0.0460. The minimum atomic E-state index is -0.177. The summed E-state index contributed by atoms with van der Waals surface area (Å²) >= 11 is 0. The maximum Gasteiger partial charge on any atom is 0.118 e. The number of aromatic hydroxyl groups is 1. The standard InChI is InChI=1S/C18H23NO3/c1-18-7-6-13-12(14(18)4-5-16(18)21)3-2-10-8-11(20)9-15(19-22)17(10)13/h8-9,12-14,16,20-21H,2-7H2,1H3/t12-,13+,14+,16+,18+/m1/s1. The highest BCUT2D eigenvalue weighted by Gasteiger charge is 2.54. The van der Waals surface area contributed by atoms with Crippen molar-refractivity contribution in [1.29, 1.82) is 0 Å². The van der Waals surface area contributed by atoms with Gasteiger partial charge in [-0.1, -0.05) is 6.92 Å². The predicted molar refractivity (Wildman–Crippen MR) is 84.2 cm³/mol. The van der Waals surface area contributed by atoms with Crippen molar-refractivity contribution in [2.75, 3.05) is 0 Å². The molecule has 0 amide bonds. The van der Waals surface area contributed by atoms with Crippen LogP contribution in [0.5, 0.6) is 5.75 Å². The van der Waals surface area contributed by atoms with Gasteiger partial charge in [0.05, 0.1) is 6.10 Å². The van der Waals surface area contributed by atoms with Crippen molar-refractivity contribution in [2.45, 2.75) is 57.5 Å². The van der Waals surface area contributed by atoms with Crippen molar-refractivity contribution in [2.24, 2.45) is 22.4 Å². The first-order valence-electron chi connectivity index (χ1n) is 8.42. The molecule has 22 heavy (non-hydrogen) atoms. The summed E-state index contributed by atoms with van der Waals surface area (Å²) in [6, 6.07) is 3.31. The molecule has 0 heterocycles. The molecule has 2 N–H and O–H groups in total. The van der Waals surface area contributed by atoms with Gasteiger partial charge in [-0.2, -0.15) is 0 Å². The Morgan fingerprint density at radius 1 is 1.23 bits per heavy atom. The molecule has 4 nitrogen and oxygen atoms in total. The van der Waals surface area contributed by atoms with E-state index in [2.05, 4.69) is 12.1 Å². The zero-order chi connectivity index (χ0) is 15.5. The lowest BCUT2D eigenvalue weighted by atomic mass is 9.55. The number of hydrogen-bond acceptors (Lipinski definition) is 4. The van der Waals surface area contributed by atoms with Crippen LogP contribution in [0.1, 0.15) is 56.1 Å². The van der Waals surface area contributed by atoms with E-state index in [-0.39, 0.29) is 17.3 Å². The smallest absolute Gasteiger partial charge is 0.118 e. The van der Waals surface area contributed by atoms with Crippen LogP contribution in [0.4, 0.5) is 5.69 Å². The van der Waals surface area contributed by atoms with Crippen LogP contribution in [-0.4, -0.2) is 16.3 Å². The normalized spacial score (nSPS) is 39.7. The van der Waals surface area contributed by atoms with Gasteiger partial charge in [-0.3, -0.25) is 0 Å². The Labute approximate surface area is 130 Å². The molecule has 1 aromatic carbocycles. The molecule has 4 heteroatoms. The molecule has 0 radical (unpaired) electrons. The largest absolute Gasteiger partial charge is 0.508 e. The zero-order valence-electron chi connectivity index (χ0n) is 13.0. The molecule has 2 fully saturated rings. The first-order chi connectivity index (χ1) is 10.5. The second kappa shape index (κ2) is 4.79. The van der Waals surface area contributed by atoms with Crippen LogP contribution in [0.2, 0.25) is 0 Å². The van der Waals surface area contributed by atoms with Gasteiger partial charge in [0.15, 0.2) is 0 Å². The van der Waals surface area contributed by atoms with Gasteiger partial charge in [0.1, 0.15) is 11.4 Å². The second-order valence-electron chi connectivity index (χ2n) is 7.68. The van der Waals surface area contributed by atoms with Crippen molar-refractivity contribution in [1.82, 2.24) is 0 Å². The van der Waals surface area contributed by atoms with Crippen molar-refractivity contribution in [3.8, 4) is 5.75 Å². The molecule has 1 aromatic rings. The van der Waals surface area contributed by atoms with Crippen LogP contribution in [0.3, 0.4) is 0 Å². The monoisotopic (exact) mass is 301 g/mol. The molecule has 0 saturated heterocycles. The summed E-state index contributed by atoms with van der Waals surface area (Å²) in [5, 5.41) is 23.4. The summed E-state index contributed by atoms with van der Waals surface area (Å²) < 4.78 is 0. The van der Waals surface area contributed by atoms with Gasteiger partial charge in [-0.25, -0.2) is 0 Å². The van der Waals surface area contributed by atoms with E-state index in [4.69, 9.17) is 0 Å². The molecular weight excluding hydrogens is 278 g/mol. The number of aliphatic hydroxyl groups excluding tert-OH is 1. The van der Waals surface area contributed by atoms with E-state index in [1.54, 1.807) is 6.07 Å². The summed E-state index contributed by atoms with van der Waals surface area (Å²) in [5.74, 6) is 1.58. The van der Waals surface area contributed by atoms with Crippen LogP contribution in [0.25, 0.3) is 0 Å². The highest BCUT2D eigenvalue weighted by molar-refractivity contribution is 5.57. The molecule has 118 valence electrons. The summed E-state index contributed by atoms with van der Waals surface area (Å²) in [6.07, 6.45) is 5.83. The Balaban J connectivity index is 1.77. The van der Waals surface area contributed by atoms with Gasteiger partial charge in [-0.05, 0) is 84.1 Å². The lowest BCUT2D eigenvalue weighted by Gasteiger charge is -2.50. The SMILES string of the molecule is C[C@]12CC[C@@H]3c4c(cc(O)cc4N=O)CC[C@H]3[C@@H]1CC[C@@H]2O. The Hall–Kier alpha value is -1.42. The number of phenolic OH excluding ortho intramolecular Hbond substituents is 1. The van der Waals surface area contributed by atoms with E-state index < -0.39 is 0 Å². The number of phenols is 1. The number of rotatable bonds is 1. The molecule has 5 atom stereocenters. The Kier molecular flexibility index (Phi) is 3.09. The van der Waals surface area contributed by atoms with Gasteiger partial charge >= 0.3 is 0 Å². The number of nitrogens with zero attached hydrogens (tertiary/aromatic N) is 1. The Bertz CT molecular complexity index is 629. The maximum atomic E-state index is 11.2. The van der Waals surface area contributed by atoms with E-state index in [1.165, 1.54) is 6.07 Å². The van der Waals surface area contributed by atoms with Crippen LogP contribution in [-0.2, 0) is 6.42 Å². The van der Waals surface area contributed by atoms with E-state index in [0.29, 0.717) is 23.4 Å².